The van der Waals surface area contributed by atoms with E-state index in [0.29, 0.717) is 18.0 Å². The van der Waals surface area contributed by atoms with Crippen LogP contribution in [0.3, 0.4) is 0 Å². The van der Waals surface area contributed by atoms with Crippen molar-refractivity contribution in [3.63, 3.8) is 0 Å². The first-order chi connectivity index (χ1) is 13.5. The van der Waals surface area contributed by atoms with Crippen LogP contribution in [0.1, 0.15) is 37.2 Å². The van der Waals surface area contributed by atoms with Crippen molar-refractivity contribution in [2.24, 2.45) is 5.92 Å². The van der Waals surface area contributed by atoms with Gasteiger partial charge in [0.25, 0.3) is 11.8 Å². The Morgan fingerprint density at radius 3 is 2.43 bits per heavy atom. The quantitative estimate of drug-likeness (QED) is 0.722. The van der Waals surface area contributed by atoms with Crippen molar-refractivity contribution in [2.75, 3.05) is 23.8 Å². The van der Waals surface area contributed by atoms with Crippen LogP contribution in [0.15, 0.2) is 47.1 Å². The second kappa shape index (κ2) is 9.52. The summed E-state index contributed by atoms with van der Waals surface area (Å²) in [6, 6.07) is 10.1. The Bertz CT molecular complexity index is 765. The first-order valence-corrected chi connectivity index (χ1v) is 9.52. The van der Waals surface area contributed by atoms with Crippen molar-refractivity contribution in [2.45, 2.75) is 38.9 Å². The molecule has 0 saturated carbocycles. The molecule has 2 atom stereocenters. The van der Waals surface area contributed by atoms with Gasteiger partial charge in [-0.25, -0.2) is 0 Å². The molecule has 0 aliphatic carbocycles. The number of hydrogen-bond acceptors (Lipinski definition) is 5. The lowest BCUT2D eigenvalue weighted by molar-refractivity contribution is -0.132. The first kappa shape index (κ1) is 20.1. The molecule has 2 N–H and O–H groups in total. The van der Waals surface area contributed by atoms with E-state index in [1.807, 2.05) is 13.8 Å². The summed E-state index contributed by atoms with van der Waals surface area (Å²) in [6.45, 7) is 5.09. The topological polar surface area (TPSA) is 89.8 Å². The molecule has 2 aromatic rings. The number of benzene rings is 1. The van der Waals surface area contributed by atoms with E-state index in [0.717, 1.165) is 19.4 Å². The molecule has 0 spiro atoms. The zero-order valence-electron chi connectivity index (χ0n) is 16.1. The zero-order valence-corrected chi connectivity index (χ0v) is 16.1. The van der Waals surface area contributed by atoms with Crippen LogP contribution in [-0.2, 0) is 14.3 Å². The molecule has 1 fully saturated rings. The van der Waals surface area contributed by atoms with E-state index in [1.165, 1.54) is 6.26 Å². The largest absolute Gasteiger partial charge is 0.459 e. The minimum Gasteiger partial charge on any atom is -0.459 e. The summed E-state index contributed by atoms with van der Waals surface area (Å²) in [5.41, 5.74) is 1.24. The lowest BCUT2D eigenvalue weighted by Gasteiger charge is -2.22. The molecule has 0 unspecified atom stereocenters. The second-order valence-electron chi connectivity index (χ2n) is 7.13. The standard InChI is InChI=1S/C21H26N2O5/c1-14(2)19(28-13-17-5-3-11-26-17)21(25)23-16-9-7-15(8-10-16)22-20(24)18-6-4-12-27-18/h4,6-10,12,14,17,19H,3,5,11,13H2,1-2H3,(H,22,24)(H,23,25)/t17-,19-/m1/s1. The molecule has 1 aromatic heterocycles. The molecule has 0 bridgehead atoms. The Morgan fingerprint density at radius 1 is 1.14 bits per heavy atom. The fourth-order valence-electron chi connectivity index (χ4n) is 3.01. The lowest BCUT2D eigenvalue weighted by Crippen LogP contribution is -2.36. The molecule has 28 heavy (non-hydrogen) atoms. The second-order valence-corrected chi connectivity index (χ2v) is 7.13. The number of ether oxygens (including phenoxy) is 2. The Balaban J connectivity index is 1.53. The third-order valence-electron chi connectivity index (χ3n) is 4.50. The van der Waals surface area contributed by atoms with Gasteiger partial charge in [-0.05, 0) is 55.2 Å². The molecular formula is C21H26N2O5. The summed E-state index contributed by atoms with van der Waals surface area (Å²) in [7, 11) is 0. The van der Waals surface area contributed by atoms with Crippen LogP contribution in [0.2, 0.25) is 0 Å². The van der Waals surface area contributed by atoms with Crippen molar-refractivity contribution in [3.8, 4) is 0 Å². The highest BCUT2D eigenvalue weighted by Crippen LogP contribution is 2.18. The van der Waals surface area contributed by atoms with Gasteiger partial charge in [0.15, 0.2) is 5.76 Å². The molecule has 1 aliphatic rings. The van der Waals surface area contributed by atoms with Gasteiger partial charge in [0.05, 0.1) is 19.0 Å². The molecule has 0 radical (unpaired) electrons. The molecule has 2 heterocycles. The van der Waals surface area contributed by atoms with Gasteiger partial charge >= 0.3 is 0 Å². The molecule has 2 amide bonds. The summed E-state index contributed by atoms with van der Waals surface area (Å²) in [4.78, 5) is 24.6. The van der Waals surface area contributed by atoms with Crippen molar-refractivity contribution in [1.82, 2.24) is 0 Å². The summed E-state index contributed by atoms with van der Waals surface area (Å²) < 4.78 is 16.5. The van der Waals surface area contributed by atoms with Crippen LogP contribution in [0.25, 0.3) is 0 Å². The highest BCUT2D eigenvalue weighted by atomic mass is 16.5. The molecule has 1 aliphatic heterocycles. The number of amides is 2. The van der Waals surface area contributed by atoms with Crippen LogP contribution < -0.4 is 10.6 Å². The lowest BCUT2D eigenvalue weighted by atomic mass is 10.1. The van der Waals surface area contributed by atoms with E-state index >= 15 is 0 Å². The van der Waals surface area contributed by atoms with Crippen molar-refractivity contribution < 1.29 is 23.5 Å². The van der Waals surface area contributed by atoms with E-state index in [-0.39, 0.29) is 29.6 Å². The Hall–Kier alpha value is -2.64. The van der Waals surface area contributed by atoms with Crippen LogP contribution in [-0.4, -0.2) is 37.2 Å². The maximum absolute atomic E-state index is 12.6. The Kier molecular flexibility index (Phi) is 6.84. The maximum atomic E-state index is 12.6. The molecule has 3 rings (SSSR count). The van der Waals surface area contributed by atoms with Crippen LogP contribution in [0.4, 0.5) is 11.4 Å². The van der Waals surface area contributed by atoms with Gasteiger partial charge in [0.1, 0.15) is 6.10 Å². The van der Waals surface area contributed by atoms with Crippen LogP contribution in [0, 0.1) is 5.92 Å². The highest BCUT2D eigenvalue weighted by Gasteiger charge is 2.26. The van der Waals surface area contributed by atoms with Gasteiger partial charge in [-0.15, -0.1) is 0 Å². The molecule has 1 saturated heterocycles. The van der Waals surface area contributed by atoms with Gasteiger partial charge < -0.3 is 24.5 Å². The number of furan rings is 1. The van der Waals surface area contributed by atoms with Gasteiger partial charge in [-0.1, -0.05) is 13.8 Å². The Morgan fingerprint density at radius 2 is 1.86 bits per heavy atom. The SMILES string of the molecule is CC(C)[C@@H](OC[C@H]1CCCO1)C(=O)Nc1ccc(NC(=O)c2ccco2)cc1. The molecule has 7 heteroatoms. The summed E-state index contributed by atoms with van der Waals surface area (Å²) in [5.74, 6) is -0.252. The van der Waals surface area contributed by atoms with Crippen LogP contribution >= 0.6 is 0 Å². The van der Waals surface area contributed by atoms with Gasteiger partial charge in [0.2, 0.25) is 0 Å². The first-order valence-electron chi connectivity index (χ1n) is 9.52. The van der Waals surface area contributed by atoms with Crippen molar-refractivity contribution in [3.05, 3.63) is 48.4 Å². The smallest absolute Gasteiger partial charge is 0.291 e. The maximum Gasteiger partial charge on any atom is 0.291 e. The fourth-order valence-corrected chi connectivity index (χ4v) is 3.01. The third-order valence-corrected chi connectivity index (χ3v) is 4.50. The summed E-state index contributed by atoms with van der Waals surface area (Å²) >= 11 is 0. The molecular weight excluding hydrogens is 360 g/mol. The van der Waals surface area contributed by atoms with E-state index < -0.39 is 6.10 Å². The summed E-state index contributed by atoms with van der Waals surface area (Å²) in [6.07, 6.45) is 2.97. The number of nitrogens with one attached hydrogen (secondary N) is 2. The van der Waals surface area contributed by atoms with Gasteiger partial charge in [-0.3, -0.25) is 9.59 Å². The summed E-state index contributed by atoms with van der Waals surface area (Å²) in [5, 5.41) is 5.60. The number of carbonyl (C=O) groups is 2. The van der Waals surface area contributed by atoms with Gasteiger partial charge in [-0.2, -0.15) is 0 Å². The van der Waals surface area contributed by atoms with Crippen molar-refractivity contribution in [1.29, 1.82) is 0 Å². The van der Waals surface area contributed by atoms with E-state index in [2.05, 4.69) is 10.6 Å². The minimum absolute atomic E-state index is 0.0354. The monoisotopic (exact) mass is 386 g/mol. The number of hydrogen-bond donors (Lipinski definition) is 2. The number of carbonyl (C=O) groups excluding carboxylic acids is 2. The fraction of sp³-hybridized carbons (Fsp3) is 0.429. The normalized spacial score (nSPS) is 17.5. The Labute approximate surface area is 164 Å². The number of anilines is 2. The third kappa shape index (κ3) is 5.43. The average molecular weight is 386 g/mol. The van der Waals surface area contributed by atoms with E-state index in [1.54, 1.807) is 36.4 Å². The molecule has 7 nitrogen and oxygen atoms in total. The number of rotatable bonds is 8. The van der Waals surface area contributed by atoms with Crippen molar-refractivity contribution >= 4 is 23.2 Å². The van der Waals surface area contributed by atoms with Crippen LogP contribution in [0.5, 0.6) is 0 Å². The molecule has 150 valence electrons. The average Bonchev–Trinajstić information content (AvgIpc) is 3.37. The molecule has 1 aromatic carbocycles. The minimum atomic E-state index is -0.553. The predicted octanol–water partition coefficient (Wildman–Crippen LogP) is 3.69. The highest BCUT2D eigenvalue weighted by molar-refractivity contribution is 6.02. The van der Waals surface area contributed by atoms with E-state index in [4.69, 9.17) is 13.9 Å². The van der Waals surface area contributed by atoms with E-state index in [9.17, 15) is 9.59 Å². The van der Waals surface area contributed by atoms with Gasteiger partial charge in [0, 0.05) is 18.0 Å². The zero-order chi connectivity index (χ0) is 19.9. The predicted molar refractivity (Wildman–Crippen MR) is 105 cm³/mol.